The molecule has 0 aliphatic heterocycles. The Morgan fingerprint density at radius 1 is 1.30 bits per heavy atom. The molecule has 4 N–H and O–H groups in total. The molecule has 1 rings (SSSR count). The van der Waals surface area contributed by atoms with Crippen LogP contribution in [0.2, 0.25) is 0 Å². The van der Waals surface area contributed by atoms with Crippen LogP contribution in [-0.2, 0) is 4.79 Å². The topological polar surface area (TPSA) is 99.2 Å². The van der Waals surface area contributed by atoms with Gasteiger partial charge in [0.15, 0.2) is 5.84 Å². The van der Waals surface area contributed by atoms with Gasteiger partial charge in [-0.3, -0.25) is 4.79 Å². The van der Waals surface area contributed by atoms with E-state index in [9.17, 15) is 4.79 Å². The second kappa shape index (κ2) is 7.47. The quantitative estimate of drug-likeness (QED) is 0.233. The Morgan fingerprint density at radius 2 is 1.85 bits per heavy atom. The largest absolute Gasteiger partial charge is 0.409 e. The lowest BCUT2D eigenvalue weighted by atomic mass is 9.77. The lowest BCUT2D eigenvalue weighted by Crippen LogP contribution is -2.53. The van der Waals surface area contributed by atoms with Crippen LogP contribution in [0, 0.1) is 5.41 Å². The van der Waals surface area contributed by atoms with Gasteiger partial charge in [0.25, 0.3) is 0 Å². The fraction of sp³-hybridized carbons (Fsp3) is 0.857. The summed E-state index contributed by atoms with van der Waals surface area (Å²) in [5.41, 5.74) is 4.97. The molecule has 1 aliphatic carbocycles. The highest BCUT2D eigenvalue weighted by Gasteiger charge is 2.45. The van der Waals surface area contributed by atoms with Crippen molar-refractivity contribution in [3.05, 3.63) is 0 Å². The molecular weight excluding hydrogens is 258 g/mol. The van der Waals surface area contributed by atoms with E-state index in [4.69, 9.17) is 16.0 Å². The molecule has 0 heterocycles. The van der Waals surface area contributed by atoms with Gasteiger partial charge in [0.1, 0.15) is 5.41 Å². The predicted molar refractivity (Wildman–Crippen MR) is 77.5 cm³/mol. The first-order valence-corrected chi connectivity index (χ1v) is 7.39. The molecular formula is C14H27N3O3. The van der Waals surface area contributed by atoms with Crippen molar-refractivity contribution in [2.24, 2.45) is 16.3 Å². The van der Waals surface area contributed by atoms with Crippen LogP contribution in [0.5, 0.6) is 0 Å². The van der Waals surface area contributed by atoms with Crippen LogP contribution >= 0.6 is 0 Å². The number of amidine groups is 1. The zero-order valence-corrected chi connectivity index (χ0v) is 12.5. The summed E-state index contributed by atoms with van der Waals surface area (Å²) >= 11 is 0. The molecule has 20 heavy (non-hydrogen) atoms. The highest BCUT2D eigenvalue weighted by atomic mass is 16.4. The van der Waals surface area contributed by atoms with E-state index < -0.39 is 5.41 Å². The van der Waals surface area contributed by atoms with Gasteiger partial charge in [0.2, 0.25) is 5.91 Å². The summed E-state index contributed by atoms with van der Waals surface area (Å²) in [7, 11) is 0. The van der Waals surface area contributed by atoms with Gasteiger partial charge in [-0.15, -0.1) is 0 Å². The Hall–Kier alpha value is -1.30. The summed E-state index contributed by atoms with van der Waals surface area (Å²) < 4.78 is 0. The average molecular weight is 285 g/mol. The normalized spacial score (nSPS) is 19.7. The summed E-state index contributed by atoms with van der Waals surface area (Å²) in [6, 6.07) is -0.0266. The Balaban J connectivity index is 3.11. The molecule has 0 atom stereocenters. The van der Waals surface area contributed by atoms with E-state index in [1.165, 1.54) is 0 Å². The van der Waals surface area contributed by atoms with Gasteiger partial charge in [-0.1, -0.05) is 30.8 Å². The second-order valence-corrected chi connectivity index (χ2v) is 5.80. The summed E-state index contributed by atoms with van der Waals surface area (Å²) in [4.78, 5) is 14.6. The summed E-state index contributed by atoms with van der Waals surface area (Å²) in [6.45, 7) is 4.00. The molecule has 1 amide bonds. The lowest BCUT2D eigenvalue weighted by Gasteiger charge is -2.37. The van der Waals surface area contributed by atoms with Crippen molar-refractivity contribution in [2.45, 2.75) is 58.4 Å². The number of carbonyl (C=O) groups is 1. The number of oxime groups is 1. The smallest absolute Gasteiger partial charge is 0.236 e. The first-order valence-electron chi connectivity index (χ1n) is 7.39. The number of amides is 1. The maximum Gasteiger partial charge on any atom is 0.236 e. The van der Waals surface area contributed by atoms with Crippen molar-refractivity contribution in [3.63, 3.8) is 0 Å². The van der Waals surface area contributed by atoms with E-state index in [1.807, 2.05) is 13.8 Å². The zero-order chi connectivity index (χ0) is 15.2. The van der Waals surface area contributed by atoms with Crippen molar-refractivity contribution in [1.82, 2.24) is 4.90 Å². The minimum absolute atomic E-state index is 0.00740. The van der Waals surface area contributed by atoms with Crippen molar-refractivity contribution in [3.8, 4) is 0 Å². The van der Waals surface area contributed by atoms with Gasteiger partial charge < -0.3 is 20.9 Å². The number of hydrogen-bond donors (Lipinski definition) is 3. The molecule has 0 spiro atoms. The Morgan fingerprint density at radius 3 is 2.25 bits per heavy atom. The standard InChI is InChI=1S/C14H27N3O3/c1-11(2)17(9-10-18)13(19)14(12(15)16-20)7-5-3-4-6-8-14/h11,18,20H,3-10H2,1-2H3,(H2,15,16). The Bertz CT molecular complexity index is 348. The van der Waals surface area contributed by atoms with Gasteiger partial charge >= 0.3 is 0 Å². The summed E-state index contributed by atoms with van der Waals surface area (Å²) in [6.07, 6.45) is 5.14. The van der Waals surface area contributed by atoms with Crippen LogP contribution in [-0.4, -0.2) is 46.1 Å². The van der Waals surface area contributed by atoms with Gasteiger partial charge in [-0.05, 0) is 26.7 Å². The minimum atomic E-state index is -0.912. The van der Waals surface area contributed by atoms with Crippen molar-refractivity contribution in [1.29, 1.82) is 0 Å². The van der Waals surface area contributed by atoms with Gasteiger partial charge in [-0.25, -0.2) is 0 Å². The first kappa shape index (κ1) is 16.8. The Kier molecular flexibility index (Phi) is 6.26. The number of nitrogens with two attached hydrogens (primary N) is 1. The highest BCUT2D eigenvalue weighted by Crippen LogP contribution is 2.37. The van der Waals surface area contributed by atoms with Crippen LogP contribution in [0.3, 0.4) is 0 Å². The first-order chi connectivity index (χ1) is 9.49. The fourth-order valence-corrected chi connectivity index (χ4v) is 2.98. The maximum atomic E-state index is 12.9. The molecule has 6 heteroatoms. The molecule has 1 fully saturated rings. The van der Waals surface area contributed by atoms with Crippen LogP contribution < -0.4 is 5.73 Å². The Labute approximate surface area is 120 Å². The number of rotatable bonds is 5. The number of aliphatic hydroxyl groups excluding tert-OH is 1. The molecule has 0 aromatic carbocycles. The van der Waals surface area contributed by atoms with Crippen LogP contribution in [0.25, 0.3) is 0 Å². The van der Waals surface area contributed by atoms with Crippen LogP contribution in [0.4, 0.5) is 0 Å². The van der Waals surface area contributed by atoms with E-state index in [1.54, 1.807) is 4.90 Å². The molecule has 0 saturated heterocycles. The van der Waals surface area contributed by atoms with E-state index in [-0.39, 0.29) is 30.9 Å². The van der Waals surface area contributed by atoms with Crippen LogP contribution in [0.15, 0.2) is 5.16 Å². The molecule has 1 saturated carbocycles. The molecule has 1 aliphatic rings. The number of carbonyl (C=O) groups excluding carboxylic acids is 1. The third kappa shape index (κ3) is 3.42. The van der Waals surface area contributed by atoms with Crippen molar-refractivity contribution in [2.75, 3.05) is 13.2 Å². The number of hydrogen-bond acceptors (Lipinski definition) is 4. The highest BCUT2D eigenvalue weighted by molar-refractivity contribution is 6.06. The molecule has 0 aromatic heterocycles. The molecule has 0 aromatic rings. The van der Waals surface area contributed by atoms with Gasteiger partial charge in [-0.2, -0.15) is 0 Å². The van der Waals surface area contributed by atoms with Gasteiger partial charge in [0, 0.05) is 12.6 Å². The van der Waals surface area contributed by atoms with Gasteiger partial charge in [0.05, 0.1) is 6.61 Å². The second-order valence-electron chi connectivity index (χ2n) is 5.80. The molecule has 116 valence electrons. The predicted octanol–water partition coefficient (Wildman–Crippen LogP) is 1.30. The average Bonchev–Trinajstić information content (AvgIpc) is 2.69. The van der Waals surface area contributed by atoms with E-state index in [0.29, 0.717) is 12.8 Å². The fourth-order valence-electron chi connectivity index (χ4n) is 2.98. The number of nitrogens with zero attached hydrogens (tertiary/aromatic N) is 2. The SMILES string of the molecule is CC(C)N(CCO)C(=O)C1(C(N)=NO)CCCCCC1. The third-order valence-electron chi connectivity index (χ3n) is 4.19. The van der Waals surface area contributed by atoms with Crippen molar-refractivity contribution < 1.29 is 15.1 Å². The molecule has 0 unspecified atom stereocenters. The zero-order valence-electron chi connectivity index (χ0n) is 12.5. The molecule has 0 radical (unpaired) electrons. The lowest BCUT2D eigenvalue weighted by molar-refractivity contribution is -0.141. The van der Waals surface area contributed by atoms with Crippen LogP contribution in [0.1, 0.15) is 52.4 Å². The summed E-state index contributed by atoms with van der Waals surface area (Å²) in [5, 5.41) is 21.4. The minimum Gasteiger partial charge on any atom is -0.409 e. The molecule has 6 nitrogen and oxygen atoms in total. The van der Waals surface area contributed by atoms with Crippen molar-refractivity contribution >= 4 is 11.7 Å². The van der Waals surface area contributed by atoms with E-state index >= 15 is 0 Å². The number of aliphatic hydroxyl groups is 1. The monoisotopic (exact) mass is 285 g/mol. The third-order valence-corrected chi connectivity index (χ3v) is 4.19. The molecule has 0 bridgehead atoms. The summed E-state index contributed by atoms with van der Waals surface area (Å²) in [5.74, 6) is -0.119. The maximum absolute atomic E-state index is 12.9. The van der Waals surface area contributed by atoms with E-state index in [2.05, 4.69) is 5.16 Å². The van der Waals surface area contributed by atoms with E-state index in [0.717, 1.165) is 25.7 Å².